The van der Waals surface area contributed by atoms with E-state index in [4.69, 9.17) is 25.7 Å². The molecule has 0 aliphatic rings. The Morgan fingerprint density at radius 1 is 0.821 bits per heavy atom. The normalized spacial score (nSPS) is 9.86. The molecule has 0 aliphatic carbocycles. The first-order valence-electron chi connectivity index (χ1n) is 8.35. The highest BCUT2D eigenvalue weighted by molar-refractivity contribution is 5.85. The van der Waals surface area contributed by atoms with Crippen LogP contribution in [0.15, 0.2) is 72.8 Å². The van der Waals surface area contributed by atoms with E-state index in [0.29, 0.717) is 29.5 Å². The molecule has 6 nitrogen and oxygen atoms in total. The third-order valence-electron chi connectivity index (χ3n) is 3.66. The highest BCUT2D eigenvalue weighted by Crippen LogP contribution is 2.31. The summed E-state index contributed by atoms with van der Waals surface area (Å²) in [5.74, 6) is 1.75. The lowest BCUT2D eigenvalue weighted by atomic mass is 10.2. The van der Waals surface area contributed by atoms with Crippen LogP contribution in [0, 0.1) is 0 Å². The van der Waals surface area contributed by atoms with Crippen LogP contribution in [0.3, 0.4) is 0 Å². The predicted octanol–water partition coefficient (Wildman–Crippen LogP) is 3.93. The Bertz CT molecular complexity index is 902. The van der Waals surface area contributed by atoms with Gasteiger partial charge in [-0.15, -0.1) is 12.4 Å². The molecule has 4 N–H and O–H groups in total. The lowest BCUT2D eigenvalue weighted by molar-refractivity contribution is -0.119. The highest BCUT2D eigenvalue weighted by Gasteiger charge is 2.06. The molecular formula is C21H21ClN2O4. The summed E-state index contributed by atoms with van der Waals surface area (Å²) < 4.78 is 16.7. The second-order valence-electron chi connectivity index (χ2n) is 5.80. The molecule has 3 aromatic rings. The van der Waals surface area contributed by atoms with Crippen LogP contribution in [0.2, 0.25) is 0 Å². The van der Waals surface area contributed by atoms with Crippen molar-refractivity contribution in [2.45, 2.75) is 6.61 Å². The number of hydrogen-bond donors (Lipinski definition) is 2. The van der Waals surface area contributed by atoms with E-state index in [1.165, 1.54) is 0 Å². The molecule has 0 unspecified atom stereocenters. The van der Waals surface area contributed by atoms with Gasteiger partial charge in [-0.25, -0.2) is 0 Å². The zero-order valence-electron chi connectivity index (χ0n) is 15.0. The van der Waals surface area contributed by atoms with Crippen molar-refractivity contribution in [1.29, 1.82) is 0 Å². The van der Waals surface area contributed by atoms with E-state index < -0.39 is 5.91 Å². The van der Waals surface area contributed by atoms with E-state index in [1.807, 2.05) is 42.5 Å². The van der Waals surface area contributed by atoms with Crippen molar-refractivity contribution in [3.63, 3.8) is 0 Å². The van der Waals surface area contributed by atoms with Crippen molar-refractivity contribution >= 4 is 24.0 Å². The van der Waals surface area contributed by atoms with Gasteiger partial charge in [-0.3, -0.25) is 4.79 Å². The number of amides is 1. The maximum atomic E-state index is 10.8. The van der Waals surface area contributed by atoms with Crippen LogP contribution in [-0.4, -0.2) is 12.5 Å². The van der Waals surface area contributed by atoms with E-state index in [-0.39, 0.29) is 19.0 Å². The number of anilines is 1. The molecule has 1 amide bonds. The molecule has 3 aromatic carbocycles. The molecule has 3 rings (SSSR count). The predicted molar refractivity (Wildman–Crippen MR) is 110 cm³/mol. The number of carbonyl (C=O) groups excluding carboxylic acids is 1. The quantitative estimate of drug-likeness (QED) is 0.558. The SMILES string of the molecule is Cl.NC(=O)COc1ccc(Oc2ccc(OCc3ccccc3)cc2)c(N)c1. The summed E-state index contributed by atoms with van der Waals surface area (Å²) in [6.07, 6.45) is 0. The van der Waals surface area contributed by atoms with Gasteiger partial charge >= 0.3 is 0 Å². The molecule has 0 aliphatic heterocycles. The van der Waals surface area contributed by atoms with Crippen LogP contribution in [-0.2, 0) is 11.4 Å². The lowest BCUT2D eigenvalue weighted by Crippen LogP contribution is -2.20. The Morgan fingerprint density at radius 2 is 1.46 bits per heavy atom. The first-order valence-corrected chi connectivity index (χ1v) is 8.35. The molecule has 0 fully saturated rings. The molecular weight excluding hydrogens is 380 g/mol. The summed E-state index contributed by atoms with van der Waals surface area (Å²) in [4.78, 5) is 10.8. The summed E-state index contributed by atoms with van der Waals surface area (Å²) in [7, 11) is 0. The summed E-state index contributed by atoms with van der Waals surface area (Å²) in [6.45, 7) is 0.296. The minimum absolute atomic E-state index is 0. The van der Waals surface area contributed by atoms with Gasteiger partial charge in [-0.05, 0) is 42.0 Å². The van der Waals surface area contributed by atoms with Crippen LogP contribution in [0.25, 0.3) is 0 Å². The first-order chi connectivity index (χ1) is 13.1. The standard InChI is InChI=1S/C21H20N2O4.ClH/c22-19-12-18(26-14-21(23)24)10-11-20(19)27-17-8-6-16(7-9-17)25-13-15-4-2-1-3-5-15;/h1-12H,13-14,22H2,(H2,23,24);1H. The Balaban J connectivity index is 0.00000280. The number of benzene rings is 3. The second kappa shape index (κ2) is 10.1. The van der Waals surface area contributed by atoms with Gasteiger partial charge in [0, 0.05) is 6.07 Å². The van der Waals surface area contributed by atoms with Gasteiger partial charge in [0.15, 0.2) is 12.4 Å². The van der Waals surface area contributed by atoms with Crippen LogP contribution < -0.4 is 25.7 Å². The summed E-state index contributed by atoms with van der Waals surface area (Å²) in [5.41, 5.74) is 12.5. The van der Waals surface area contributed by atoms with Crippen molar-refractivity contribution in [1.82, 2.24) is 0 Å². The zero-order valence-corrected chi connectivity index (χ0v) is 15.9. The molecule has 28 heavy (non-hydrogen) atoms. The van der Waals surface area contributed by atoms with Gasteiger partial charge < -0.3 is 25.7 Å². The number of rotatable bonds is 8. The molecule has 146 valence electrons. The molecule has 7 heteroatoms. The minimum atomic E-state index is -0.552. The summed E-state index contributed by atoms with van der Waals surface area (Å²) >= 11 is 0. The average Bonchev–Trinajstić information content (AvgIpc) is 2.68. The summed E-state index contributed by atoms with van der Waals surface area (Å²) in [6, 6.07) is 22.1. The fourth-order valence-electron chi connectivity index (χ4n) is 2.34. The zero-order chi connectivity index (χ0) is 19.1. The van der Waals surface area contributed by atoms with E-state index in [0.717, 1.165) is 11.3 Å². The van der Waals surface area contributed by atoms with Gasteiger partial charge in [0.1, 0.15) is 23.9 Å². The van der Waals surface area contributed by atoms with Gasteiger partial charge in [-0.2, -0.15) is 0 Å². The lowest BCUT2D eigenvalue weighted by Gasteiger charge is -2.11. The van der Waals surface area contributed by atoms with E-state index in [1.54, 1.807) is 30.3 Å². The Kier molecular flexibility index (Phi) is 7.54. The second-order valence-corrected chi connectivity index (χ2v) is 5.80. The third kappa shape index (κ3) is 6.10. The number of halogens is 1. The monoisotopic (exact) mass is 400 g/mol. The van der Waals surface area contributed by atoms with Crippen molar-refractivity contribution < 1.29 is 19.0 Å². The fraction of sp³-hybridized carbons (Fsp3) is 0.0952. The van der Waals surface area contributed by atoms with Crippen LogP contribution in [0.4, 0.5) is 5.69 Å². The number of nitrogens with two attached hydrogens (primary N) is 2. The highest BCUT2D eigenvalue weighted by atomic mass is 35.5. The molecule has 0 saturated carbocycles. The van der Waals surface area contributed by atoms with E-state index in [2.05, 4.69) is 0 Å². The summed E-state index contributed by atoms with van der Waals surface area (Å²) in [5, 5.41) is 0. The Morgan fingerprint density at radius 3 is 2.11 bits per heavy atom. The Hall–Kier alpha value is -3.38. The first kappa shape index (κ1) is 20.9. The number of carbonyl (C=O) groups is 1. The topological polar surface area (TPSA) is 96.8 Å². The maximum absolute atomic E-state index is 10.8. The van der Waals surface area contributed by atoms with Crippen molar-refractivity contribution in [3.05, 3.63) is 78.4 Å². The largest absolute Gasteiger partial charge is 0.489 e. The van der Waals surface area contributed by atoms with Crippen LogP contribution in [0.5, 0.6) is 23.0 Å². The minimum Gasteiger partial charge on any atom is -0.489 e. The molecule has 0 saturated heterocycles. The molecule has 0 heterocycles. The molecule has 0 bridgehead atoms. The Labute approximate surface area is 169 Å². The van der Waals surface area contributed by atoms with Gasteiger partial charge in [0.25, 0.3) is 5.91 Å². The number of hydrogen-bond acceptors (Lipinski definition) is 5. The van der Waals surface area contributed by atoms with Gasteiger partial charge in [0.2, 0.25) is 0 Å². The number of primary amides is 1. The molecule has 0 atom stereocenters. The van der Waals surface area contributed by atoms with Gasteiger partial charge in [-0.1, -0.05) is 30.3 Å². The van der Waals surface area contributed by atoms with Crippen molar-refractivity contribution in [3.8, 4) is 23.0 Å². The average molecular weight is 401 g/mol. The number of ether oxygens (including phenoxy) is 3. The van der Waals surface area contributed by atoms with E-state index >= 15 is 0 Å². The molecule has 0 aromatic heterocycles. The maximum Gasteiger partial charge on any atom is 0.255 e. The smallest absolute Gasteiger partial charge is 0.255 e. The number of nitrogen functional groups attached to an aromatic ring is 1. The molecule has 0 radical (unpaired) electrons. The van der Waals surface area contributed by atoms with Crippen molar-refractivity contribution in [2.75, 3.05) is 12.3 Å². The van der Waals surface area contributed by atoms with E-state index in [9.17, 15) is 4.79 Å². The fourth-order valence-corrected chi connectivity index (χ4v) is 2.34. The van der Waals surface area contributed by atoms with Crippen molar-refractivity contribution in [2.24, 2.45) is 5.73 Å². The molecule has 0 spiro atoms. The van der Waals surface area contributed by atoms with Crippen LogP contribution in [0.1, 0.15) is 5.56 Å². The van der Waals surface area contributed by atoms with Crippen LogP contribution >= 0.6 is 12.4 Å². The van der Waals surface area contributed by atoms with Gasteiger partial charge in [0.05, 0.1) is 5.69 Å². The third-order valence-corrected chi connectivity index (χ3v) is 3.66.